The van der Waals surface area contributed by atoms with E-state index >= 15 is 0 Å². The standard InChI is InChI=1S/C27H34O13/c1-33-15-5-11(6-16(34-2)19(15)28)23-13-9-38-24(14(13)10-37-23)12-7-17(35-3)25(18(8-12)36-4)39-27-22(31)20(29)21(30)26(32)40-27/h5-8,13-14,20-24,26-32H,9-10H2,1-4H3/t13-,14-,20-,21-,22+,23+,24+,26-,27+/m0/s1. The van der Waals surface area contributed by atoms with E-state index < -0.39 is 30.9 Å². The molecule has 3 saturated heterocycles. The summed E-state index contributed by atoms with van der Waals surface area (Å²) in [5, 5.41) is 50.3. The number of hydrogen-bond donors (Lipinski definition) is 5. The van der Waals surface area contributed by atoms with Crippen molar-refractivity contribution in [1.82, 2.24) is 0 Å². The van der Waals surface area contributed by atoms with Crippen LogP contribution in [0.25, 0.3) is 0 Å². The van der Waals surface area contributed by atoms with Crippen molar-refractivity contribution in [2.45, 2.75) is 43.1 Å². The highest BCUT2D eigenvalue weighted by Crippen LogP contribution is 2.53. The molecule has 3 fully saturated rings. The van der Waals surface area contributed by atoms with Gasteiger partial charge in [0.15, 0.2) is 29.3 Å². The van der Waals surface area contributed by atoms with E-state index in [1.54, 1.807) is 24.3 Å². The van der Waals surface area contributed by atoms with E-state index in [2.05, 4.69) is 0 Å². The van der Waals surface area contributed by atoms with Crippen molar-refractivity contribution in [3.8, 4) is 34.5 Å². The molecule has 40 heavy (non-hydrogen) atoms. The van der Waals surface area contributed by atoms with Crippen molar-refractivity contribution in [1.29, 1.82) is 0 Å². The Morgan fingerprint density at radius 2 is 1.10 bits per heavy atom. The minimum atomic E-state index is -1.77. The number of fused-ring (bicyclic) bond motifs is 1. The minimum Gasteiger partial charge on any atom is -0.502 e. The summed E-state index contributed by atoms with van der Waals surface area (Å²) in [7, 11) is 5.79. The van der Waals surface area contributed by atoms with Gasteiger partial charge in [0, 0.05) is 11.8 Å². The molecule has 5 rings (SSSR count). The average molecular weight is 567 g/mol. The third kappa shape index (κ3) is 4.87. The fourth-order valence-corrected chi connectivity index (χ4v) is 5.54. The number of aliphatic hydroxyl groups is 4. The van der Waals surface area contributed by atoms with Gasteiger partial charge < -0.3 is 63.4 Å². The van der Waals surface area contributed by atoms with E-state index in [-0.39, 0.29) is 58.5 Å². The zero-order chi connectivity index (χ0) is 28.7. The van der Waals surface area contributed by atoms with Gasteiger partial charge in [-0.3, -0.25) is 0 Å². The Labute approximate surface area is 230 Å². The van der Waals surface area contributed by atoms with Crippen molar-refractivity contribution in [2.24, 2.45) is 11.8 Å². The summed E-state index contributed by atoms with van der Waals surface area (Å²) in [6.45, 7) is 0.823. The molecule has 0 aromatic heterocycles. The van der Waals surface area contributed by atoms with E-state index in [0.29, 0.717) is 13.2 Å². The second kappa shape index (κ2) is 11.4. The lowest BCUT2D eigenvalue weighted by Gasteiger charge is -2.38. The normalized spacial score (nSPS) is 33.4. The Bertz CT molecular complexity index is 1150. The van der Waals surface area contributed by atoms with E-state index in [9.17, 15) is 25.5 Å². The Kier molecular flexibility index (Phi) is 8.15. The molecule has 0 radical (unpaired) electrons. The first-order valence-corrected chi connectivity index (χ1v) is 12.7. The van der Waals surface area contributed by atoms with Crippen LogP contribution in [0.2, 0.25) is 0 Å². The molecular weight excluding hydrogens is 532 g/mol. The van der Waals surface area contributed by atoms with Gasteiger partial charge in [-0.1, -0.05) is 0 Å². The quantitative estimate of drug-likeness (QED) is 0.301. The Morgan fingerprint density at radius 3 is 1.55 bits per heavy atom. The monoisotopic (exact) mass is 566 g/mol. The van der Waals surface area contributed by atoms with Gasteiger partial charge in [0.05, 0.1) is 53.9 Å². The summed E-state index contributed by atoms with van der Waals surface area (Å²) >= 11 is 0. The maximum Gasteiger partial charge on any atom is 0.231 e. The largest absolute Gasteiger partial charge is 0.502 e. The van der Waals surface area contributed by atoms with Crippen LogP contribution in [-0.4, -0.2) is 98.1 Å². The number of phenols is 1. The molecule has 0 spiro atoms. The fourth-order valence-electron chi connectivity index (χ4n) is 5.54. The van der Waals surface area contributed by atoms with E-state index in [0.717, 1.165) is 11.1 Å². The van der Waals surface area contributed by atoms with Crippen LogP contribution < -0.4 is 23.7 Å². The highest BCUT2D eigenvalue weighted by molar-refractivity contribution is 5.55. The molecule has 220 valence electrons. The highest BCUT2D eigenvalue weighted by Gasteiger charge is 2.49. The van der Waals surface area contributed by atoms with Gasteiger partial charge in [-0.2, -0.15) is 0 Å². The van der Waals surface area contributed by atoms with Crippen molar-refractivity contribution in [2.75, 3.05) is 41.7 Å². The lowest BCUT2D eigenvalue weighted by Crippen LogP contribution is -2.59. The number of aliphatic hydroxyl groups excluding tert-OH is 4. The maximum absolute atomic E-state index is 10.3. The van der Waals surface area contributed by atoms with Gasteiger partial charge in [0.25, 0.3) is 0 Å². The molecule has 2 aromatic rings. The first-order valence-electron chi connectivity index (χ1n) is 12.7. The topological polar surface area (TPSA) is 175 Å². The van der Waals surface area contributed by atoms with Gasteiger partial charge >= 0.3 is 0 Å². The maximum atomic E-state index is 10.3. The average Bonchev–Trinajstić information content (AvgIpc) is 3.57. The second-order valence-corrected chi connectivity index (χ2v) is 9.85. The molecular formula is C27H34O13. The third-order valence-electron chi connectivity index (χ3n) is 7.68. The molecule has 3 aliphatic rings. The van der Waals surface area contributed by atoms with Gasteiger partial charge in [-0.05, 0) is 35.4 Å². The summed E-state index contributed by atoms with van der Waals surface area (Å²) in [6.07, 6.45) is -9.03. The second-order valence-electron chi connectivity index (χ2n) is 9.85. The molecule has 0 bridgehead atoms. The number of ether oxygens (including phenoxy) is 8. The Hall–Kier alpha value is -3.04. The Balaban J connectivity index is 1.40. The highest BCUT2D eigenvalue weighted by atomic mass is 16.8. The van der Waals surface area contributed by atoms with E-state index in [4.69, 9.17) is 37.9 Å². The molecule has 0 unspecified atom stereocenters. The van der Waals surface area contributed by atoms with Gasteiger partial charge in [0.2, 0.25) is 17.8 Å². The third-order valence-corrected chi connectivity index (χ3v) is 7.68. The van der Waals surface area contributed by atoms with Crippen molar-refractivity contribution < 1.29 is 63.4 Å². The molecule has 3 heterocycles. The summed E-state index contributed by atoms with van der Waals surface area (Å²) < 4.78 is 45.1. The fraction of sp³-hybridized carbons (Fsp3) is 0.556. The zero-order valence-corrected chi connectivity index (χ0v) is 22.4. The molecule has 3 aliphatic heterocycles. The number of hydrogen-bond acceptors (Lipinski definition) is 13. The molecule has 0 saturated carbocycles. The lowest BCUT2D eigenvalue weighted by atomic mass is 9.84. The first kappa shape index (κ1) is 28.5. The molecule has 13 nitrogen and oxygen atoms in total. The molecule has 13 heteroatoms. The van der Waals surface area contributed by atoms with Crippen LogP contribution >= 0.6 is 0 Å². The smallest absolute Gasteiger partial charge is 0.231 e. The summed E-state index contributed by atoms with van der Waals surface area (Å²) in [5.41, 5.74) is 1.53. The van der Waals surface area contributed by atoms with Crippen LogP contribution in [0.3, 0.4) is 0 Å². The molecule has 0 amide bonds. The van der Waals surface area contributed by atoms with Crippen LogP contribution in [-0.2, 0) is 14.2 Å². The van der Waals surface area contributed by atoms with Crippen LogP contribution in [0.4, 0.5) is 0 Å². The minimum absolute atomic E-state index is 0.00272. The number of aromatic hydroxyl groups is 1. The van der Waals surface area contributed by atoms with E-state index in [1.807, 2.05) is 0 Å². The summed E-state index contributed by atoms with van der Waals surface area (Å²) in [4.78, 5) is 0. The summed E-state index contributed by atoms with van der Waals surface area (Å²) in [5.74, 6) is 0.978. The zero-order valence-electron chi connectivity index (χ0n) is 22.4. The molecule has 9 atom stereocenters. The predicted octanol–water partition coefficient (Wildman–Crippen LogP) is 0.638. The van der Waals surface area contributed by atoms with Gasteiger partial charge in [-0.15, -0.1) is 0 Å². The van der Waals surface area contributed by atoms with Gasteiger partial charge in [0.1, 0.15) is 18.3 Å². The first-order chi connectivity index (χ1) is 19.2. The SMILES string of the molecule is COc1cc([C@H]2OC[C@H]3[C@@H]2CO[C@@H]3c2cc(OC)c(O[C@@H]3O[C@H](O)[C@@H](O)[C@H](O)[C@H]3O)c(OC)c2)cc(OC)c1O. The number of methoxy groups -OCH3 is 4. The van der Waals surface area contributed by atoms with Gasteiger partial charge in [-0.25, -0.2) is 0 Å². The van der Waals surface area contributed by atoms with Crippen molar-refractivity contribution >= 4 is 0 Å². The van der Waals surface area contributed by atoms with Crippen molar-refractivity contribution in [3.05, 3.63) is 35.4 Å². The molecule has 0 aliphatic carbocycles. The predicted molar refractivity (Wildman–Crippen MR) is 135 cm³/mol. The lowest BCUT2D eigenvalue weighted by molar-refractivity contribution is -0.321. The summed E-state index contributed by atoms with van der Waals surface area (Å²) in [6, 6.07) is 6.87. The van der Waals surface area contributed by atoms with Crippen LogP contribution in [0.5, 0.6) is 34.5 Å². The Morgan fingerprint density at radius 1 is 0.650 bits per heavy atom. The van der Waals surface area contributed by atoms with Crippen molar-refractivity contribution in [3.63, 3.8) is 0 Å². The van der Waals surface area contributed by atoms with Crippen LogP contribution in [0, 0.1) is 11.8 Å². The molecule has 2 aromatic carbocycles. The molecule has 5 N–H and O–H groups in total. The number of phenolic OH excluding ortho intramolecular Hbond substituents is 1. The van der Waals surface area contributed by atoms with Crippen LogP contribution in [0.15, 0.2) is 24.3 Å². The number of rotatable bonds is 8. The number of benzene rings is 2. The van der Waals surface area contributed by atoms with E-state index in [1.165, 1.54) is 28.4 Å². The van der Waals surface area contributed by atoms with Crippen LogP contribution in [0.1, 0.15) is 23.3 Å².